The third-order valence-corrected chi connectivity index (χ3v) is 4.17. The molecule has 0 fully saturated rings. The smallest absolute Gasteiger partial charge is 0.416 e. The highest BCUT2D eigenvalue weighted by molar-refractivity contribution is 14.0. The lowest BCUT2D eigenvalue weighted by Crippen LogP contribution is -2.37. The fourth-order valence-electron chi connectivity index (χ4n) is 2.76. The van der Waals surface area contributed by atoms with E-state index in [4.69, 9.17) is 4.74 Å². The summed E-state index contributed by atoms with van der Waals surface area (Å²) in [5, 5.41) is 14.3. The number of methoxy groups -OCH3 is 1. The summed E-state index contributed by atoms with van der Waals surface area (Å²) in [4.78, 5) is 4.29. The summed E-state index contributed by atoms with van der Waals surface area (Å²) >= 11 is 0. The molecule has 30 heavy (non-hydrogen) atoms. The van der Waals surface area contributed by atoms with E-state index in [0.29, 0.717) is 30.5 Å². The lowest BCUT2D eigenvalue weighted by molar-refractivity contribution is -0.138. The minimum atomic E-state index is -4.49. The summed E-state index contributed by atoms with van der Waals surface area (Å²) < 4.78 is 46.8. The molecule has 162 valence electrons. The molecule has 0 saturated heterocycles. The number of halogens is 4. The van der Waals surface area contributed by atoms with Gasteiger partial charge < -0.3 is 15.4 Å². The van der Waals surface area contributed by atoms with Gasteiger partial charge in [-0.1, -0.05) is 12.1 Å². The quantitative estimate of drug-likeness (QED) is 0.287. The number of pyridine rings is 1. The van der Waals surface area contributed by atoms with E-state index in [9.17, 15) is 13.2 Å². The van der Waals surface area contributed by atoms with Gasteiger partial charge in [0.25, 0.3) is 0 Å². The van der Waals surface area contributed by atoms with Gasteiger partial charge in [0.05, 0.1) is 25.8 Å². The molecule has 0 aliphatic heterocycles. The number of ether oxygens (including phenoxy) is 1. The van der Waals surface area contributed by atoms with Crippen molar-refractivity contribution in [3.63, 3.8) is 0 Å². The van der Waals surface area contributed by atoms with Crippen molar-refractivity contribution < 1.29 is 17.9 Å². The van der Waals surface area contributed by atoms with Crippen molar-refractivity contribution in [1.29, 1.82) is 0 Å². The van der Waals surface area contributed by atoms with Crippen LogP contribution in [0.15, 0.2) is 47.6 Å². The van der Waals surface area contributed by atoms with Crippen molar-refractivity contribution >= 4 is 35.6 Å². The zero-order valence-corrected chi connectivity index (χ0v) is 18.7. The number of hydrogen-bond acceptors (Lipinski definition) is 4. The van der Waals surface area contributed by atoms with Crippen molar-refractivity contribution in [3.05, 3.63) is 59.5 Å². The Kier molecular flexibility index (Phi) is 8.26. The van der Waals surface area contributed by atoms with Gasteiger partial charge >= 0.3 is 6.18 Å². The summed E-state index contributed by atoms with van der Waals surface area (Å²) in [6.07, 6.45) is -2.66. The minimum Gasteiger partial charge on any atom is -0.497 e. The summed E-state index contributed by atoms with van der Waals surface area (Å²) in [7, 11) is 1.33. The second-order valence-corrected chi connectivity index (χ2v) is 6.11. The fraction of sp³-hybridized carbons (Fsp3) is 0.316. The molecule has 1 aromatic carbocycles. The van der Waals surface area contributed by atoms with Crippen molar-refractivity contribution in [2.24, 2.45) is 4.99 Å². The van der Waals surface area contributed by atoms with Gasteiger partial charge in [-0.3, -0.25) is 4.40 Å². The Morgan fingerprint density at radius 2 is 1.97 bits per heavy atom. The first-order chi connectivity index (χ1) is 13.9. The van der Waals surface area contributed by atoms with Crippen LogP contribution in [-0.2, 0) is 19.3 Å². The van der Waals surface area contributed by atoms with Gasteiger partial charge in [0.2, 0.25) is 0 Å². The molecule has 2 aromatic heterocycles. The van der Waals surface area contributed by atoms with Crippen molar-refractivity contribution in [2.45, 2.75) is 26.2 Å². The van der Waals surface area contributed by atoms with Gasteiger partial charge in [-0.05, 0) is 36.8 Å². The highest BCUT2D eigenvalue weighted by Crippen LogP contribution is 2.34. The molecular formula is C19H22F3IN6O. The second kappa shape index (κ2) is 10.5. The van der Waals surface area contributed by atoms with E-state index in [1.807, 2.05) is 35.7 Å². The largest absolute Gasteiger partial charge is 0.497 e. The lowest BCUT2D eigenvalue weighted by atomic mass is 10.1. The summed E-state index contributed by atoms with van der Waals surface area (Å²) in [6, 6.07) is 9.40. The Balaban J connectivity index is 0.00000320. The van der Waals surface area contributed by atoms with Crippen molar-refractivity contribution in [3.8, 4) is 5.75 Å². The highest BCUT2D eigenvalue weighted by atomic mass is 127. The molecule has 0 aliphatic rings. The van der Waals surface area contributed by atoms with E-state index >= 15 is 0 Å². The summed E-state index contributed by atoms with van der Waals surface area (Å²) in [5.74, 6) is 1.18. The Hall–Kier alpha value is -2.57. The van der Waals surface area contributed by atoms with E-state index in [1.54, 1.807) is 0 Å². The molecule has 7 nitrogen and oxygen atoms in total. The molecule has 0 bridgehead atoms. The molecule has 0 unspecified atom stereocenters. The zero-order valence-electron chi connectivity index (χ0n) is 16.4. The average Bonchev–Trinajstić information content (AvgIpc) is 3.12. The maximum absolute atomic E-state index is 13.4. The monoisotopic (exact) mass is 534 g/mol. The summed E-state index contributed by atoms with van der Waals surface area (Å²) in [6.45, 7) is 2.60. The molecule has 3 rings (SSSR count). The summed E-state index contributed by atoms with van der Waals surface area (Å²) in [5.41, 5.74) is 0.00243. The molecule has 0 atom stereocenters. The first kappa shape index (κ1) is 23.7. The van der Waals surface area contributed by atoms with E-state index in [0.717, 1.165) is 6.07 Å². The van der Waals surface area contributed by atoms with Crippen LogP contribution in [0, 0.1) is 0 Å². The third-order valence-electron chi connectivity index (χ3n) is 4.17. The first-order valence-corrected chi connectivity index (χ1v) is 8.97. The van der Waals surface area contributed by atoms with Crippen LogP contribution in [0.5, 0.6) is 5.75 Å². The van der Waals surface area contributed by atoms with Crippen LogP contribution in [0.1, 0.15) is 23.9 Å². The maximum Gasteiger partial charge on any atom is 0.416 e. The number of rotatable bonds is 6. The number of aromatic nitrogens is 3. The zero-order chi connectivity index (χ0) is 20.9. The molecule has 0 saturated carbocycles. The van der Waals surface area contributed by atoms with Crippen LogP contribution >= 0.6 is 24.0 Å². The van der Waals surface area contributed by atoms with Crippen LogP contribution in [-0.4, -0.2) is 34.2 Å². The number of hydrogen-bond donors (Lipinski definition) is 2. The van der Waals surface area contributed by atoms with Crippen LogP contribution < -0.4 is 15.4 Å². The Labute approximate surface area is 188 Å². The van der Waals surface area contributed by atoms with Gasteiger partial charge in [0.1, 0.15) is 5.75 Å². The first-order valence-electron chi connectivity index (χ1n) is 8.97. The number of nitrogens with zero attached hydrogens (tertiary/aromatic N) is 4. The molecular weight excluding hydrogens is 512 g/mol. The predicted octanol–water partition coefficient (Wildman–Crippen LogP) is 3.63. The number of guanidine groups is 1. The standard InChI is InChI=1S/C19H21F3N6O.HI/c1-3-23-18(25-12-17-27-26-16-6-4-5-9-28(16)17)24-11-13-7-8-14(29-2)10-15(13)19(20,21)22;/h4-10H,3,11-12H2,1-2H3,(H2,23,24,25);1H. The molecule has 0 amide bonds. The molecule has 3 aromatic rings. The van der Waals surface area contributed by atoms with Gasteiger partial charge in [-0.25, -0.2) is 4.99 Å². The topological polar surface area (TPSA) is 75.8 Å². The Bertz CT molecular complexity index is 1010. The van der Waals surface area contributed by atoms with E-state index in [2.05, 4.69) is 25.8 Å². The van der Waals surface area contributed by atoms with Gasteiger partial charge in [0, 0.05) is 12.7 Å². The number of benzene rings is 1. The van der Waals surface area contributed by atoms with Crippen molar-refractivity contribution in [2.75, 3.05) is 13.7 Å². The minimum absolute atomic E-state index is 0. The number of alkyl halides is 3. The number of fused-ring (bicyclic) bond motifs is 1. The van der Waals surface area contributed by atoms with Gasteiger partial charge in [-0.2, -0.15) is 13.2 Å². The molecule has 2 heterocycles. The highest BCUT2D eigenvalue weighted by Gasteiger charge is 2.33. The lowest BCUT2D eigenvalue weighted by Gasteiger charge is -2.14. The fourth-order valence-corrected chi connectivity index (χ4v) is 2.76. The number of nitrogens with one attached hydrogen (secondary N) is 2. The average molecular weight is 534 g/mol. The predicted molar refractivity (Wildman–Crippen MR) is 118 cm³/mol. The van der Waals surface area contributed by atoms with Crippen LogP contribution in [0.25, 0.3) is 5.65 Å². The van der Waals surface area contributed by atoms with Gasteiger partial charge in [0.15, 0.2) is 17.4 Å². The molecule has 2 N–H and O–H groups in total. The molecule has 11 heteroatoms. The van der Waals surface area contributed by atoms with Crippen LogP contribution in [0.2, 0.25) is 0 Å². The number of aliphatic imine (C=N–C) groups is 1. The van der Waals surface area contributed by atoms with E-state index < -0.39 is 11.7 Å². The second-order valence-electron chi connectivity index (χ2n) is 6.11. The van der Waals surface area contributed by atoms with E-state index in [-0.39, 0.29) is 41.8 Å². The normalized spacial score (nSPS) is 11.8. The molecule has 0 aliphatic carbocycles. The third kappa shape index (κ3) is 5.74. The SMILES string of the molecule is CCNC(=NCc1ccc(OC)cc1C(F)(F)F)NCc1nnc2ccccn12.I. The Morgan fingerprint density at radius 1 is 1.17 bits per heavy atom. The molecule has 0 radical (unpaired) electrons. The van der Waals surface area contributed by atoms with Crippen LogP contribution in [0.3, 0.4) is 0 Å². The van der Waals surface area contributed by atoms with Crippen LogP contribution in [0.4, 0.5) is 13.2 Å². The maximum atomic E-state index is 13.4. The van der Waals surface area contributed by atoms with E-state index in [1.165, 1.54) is 19.2 Å². The van der Waals surface area contributed by atoms with Gasteiger partial charge in [-0.15, -0.1) is 34.2 Å². The van der Waals surface area contributed by atoms with Crippen molar-refractivity contribution in [1.82, 2.24) is 25.2 Å². The Morgan fingerprint density at radius 3 is 2.67 bits per heavy atom. The molecule has 0 spiro atoms.